The smallest absolute Gasteiger partial charge is 0.337 e. The highest BCUT2D eigenvalue weighted by Gasteiger charge is 2.35. The Labute approximate surface area is 138 Å². The SMILES string of the molecule is CCCCC(C(=O)O)N1C(=O)C=CC1=O.O=C(O)c1cccnc1. The number of carboxylic acid groups (broad SMARTS) is 2. The molecule has 1 unspecified atom stereocenters. The van der Waals surface area contributed by atoms with Crippen LogP contribution in [0.1, 0.15) is 36.5 Å². The number of aliphatic carboxylic acids is 1. The van der Waals surface area contributed by atoms with Gasteiger partial charge in [0.1, 0.15) is 6.04 Å². The zero-order valence-corrected chi connectivity index (χ0v) is 13.1. The summed E-state index contributed by atoms with van der Waals surface area (Å²) >= 11 is 0. The summed E-state index contributed by atoms with van der Waals surface area (Å²) in [4.78, 5) is 48.0. The van der Waals surface area contributed by atoms with E-state index in [2.05, 4.69) is 4.98 Å². The Morgan fingerprint density at radius 3 is 2.21 bits per heavy atom. The average molecular weight is 334 g/mol. The number of hydrogen-bond acceptors (Lipinski definition) is 5. The summed E-state index contributed by atoms with van der Waals surface area (Å²) in [6, 6.07) is 2.05. The van der Waals surface area contributed by atoms with E-state index in [1.807, 2.05) is 6.92 Å². The maximum atomic E-state index is 11.2. The van der Waals surface area contributed by atoms with Crippen LogP contribution >= 0.6 is 0 Å². The lowest BCUT2D eigenvalue weighted by molar-refractivity contribution is -0.153. The van der Waals surface area contributed by atoms with Crippen molar-refractivity contribution in [2.24, 2.45) is 0 Å². The number of carbonyl (C=O) groups is 4. The summed E-state index contributed by atoms with van der Waals surface area (Å²) < 4.78 is 0. The molecule has 0 fully saturated rings. The first-order valence-electron chi connectivity index (χ1n) is 7.29. The minimum atomic E-state index is -1.13. The van der Waals surface area contributed by atoms with Gasteiger partial charge in [0.05, 0.1) is 5.56 Å². The third-order valence-electron chi connectivity index (χ3n) is 3.18. The van der Waals surface area contributed by atoms with Gasteiger partial charge in [-0.3, -0.25) is 19.5 Å². The zero-order chi connectivity index (χ0) is 18.1. The van der Waals surface area contributed by atoms with Crippen LogP contribution in [0.3, 0.4) is 0 Å². The first kappa shape index (κ1) is 19.0. The molecule has 2 amide bonds. The van der Waals surface area contributed by atoms with Crippen LogP contribution in [0.4, 0.5) is 0 Å². The summed E-state index contributed by atoms with van der Waals surface area (Å²) in [5.74, 6) is -3.15. The average Bonchev–Trinajstić information content (AvgIpc) is 2.88. The Bertz CT molecular complexity index is 623. The molecule has 0 aromatic carbocycles. The summed E-state index contributed by atoms with van der Waals surface area (Å²) in [5, 5.41) is 17.3. The van der Waals surface area contributed by atoms with Crippen molar-refractivity contribution in [1.82, 2.24) is 9.88 Å². The molecule has 2 heterocycles. The Morgan fingerprint density at radius 2 is 1.83 bits per heavy atom. The van der Waals surface area contributed by atoms with Crippen LogP contribution < -0.4 is 0 Å². The highest BCUT2D eigenvalue weighted by atomic mass is 16.4. The maximum Gasteiger partial charge on any atom is 0.337 e. The van der Waals surface area contributed by atoms with Gasteiger partial charge in [0.2, 0.25) is 0 Å². The van der Waals surface area contributed by atoms with Gasteiger partial charge in [-0.1, -0.05) is 19.8 Å². The predicted octanol–water partition coefficient (Wildman–Crippen LogP) is 1.33. The second kappa shape index (κ2) is 9.19. The molecule has 0 radical (unpaired) electrons. The minimum absolute atomic E-state index is 0.220. The van der Waals surface area contributed by atoms with Crippen LogP contribution in [0.2, 0.25) is 0 Å². The maximum absolute atomic E-state index is 11.2. The lowest BCUT2D eigenvalue weighted by Gasteiger charge is -2.21. The lowest BCUT2D eigenvalue weighted by Crippen LogP contribution is -2.44. The van der Waals surface area contributed by atoms with E-state index in [1.165, 1.54) is 18.5 Å². The lowest BCUT2D eigenvalue weighted by atomic mass is 10.1. The van der Waals surface area contributed by atoms with Crippen molar-refractivity contribution >= 4 is 23.8 Å². The van der Waals surface area contributed by atoms with Crippen LogP contribution in [0.25, 0.3) is 0 Å². The number of amides is 2. The number of rotatable bonds is 6. The van der Waals surface area contributed by atoms with Gasteiger partial charge in [-0.05, 0) is 18.6 Å². The van der Waals surface area contributed by atoms with Crippen molar-refractivity contribution in [1.29, 1.82) is 0 Å². The summed E-state index contributed by atoms with van der Waals surface area (Å²) in [6.07, 6.45) is 6.86. The van der Waals surface area contributed by atoms with Gasteiger partial charge in [-0.25, -0.2) is 9.59 Å². The first-order chi connectivity index (χ1) is 11.4. The normalized spacial score (nSPS) is 14.1. The van der Waals surface area contributed by atoms with E-state index in [0.717, 1.165) is 23.5 Å². The number of hydrogen-bond donors (Lipinski definition) is 2. The second-order valence-corrected chi connectivity index (χ2v) is 4.92. The number of imide groups is 1. The molecule has 0 spiro atoms. The second-order valence-electron chi connectivity index (χ2n) is 4.92. The van der Waals surface area contributed by atoms with E-state index in [4.69, 9.17) is 10.2 Å². The summed E-state index contributed by atoms with van der Waals surface area (Å²) in [6.45, 7) is 1.92. The molecule has 8 nitrogen and oxygen atoms in total. The molecule has 1 aliphatic rings. The van der Waals surface area contributed by atoms with Gasteiger partial charge in [-0.15, -0.1) is 0 Å². The zero-order valence-electron chi connectivity index (χ0n) is 13.1. The molecule has 0 aliphatic carbocycles. The largest absolute Gasteiger partial charge is 0.480 e. The molecule has 24 heavy (non-hydrogen) atoms. The molecular weight excluding hydrogens is 316 g/mol. The van der Waals surface area contributed by atoms with E-state index >= 15 is 0 Å². The number of carbonyl (C=O) groups excluding carboxylic acids is 2. The van der Waals surface area contributed by atoms with Gasteiger partial charge in [0.15, 0.2) is 0 Å². The molecule has 0 saturated carbocycles. The highest BCUT2D eigenvalue weighted by Crippen LogP contribution is 2.14. The van der Waals surface area contributed by atoms with E-state index in [0.29, 0.717) is 12.8 Å². The number of nitrogens with zero attached hydrogens (tertiary/aromatic N) is 2. The Hall–Kier alpha value is -3.03. The standard InChI is InChI=1S/C10H13NO4.C6H5NO2/c1-2-3-4-7(10(14)15)11-8(12)5-6-9(11)13;8-6(9)5-2-1-3-7-4-5/h5-7H,2-4H2,1H3,(H,14,15);1-4H,(H,8,9). The van der Waals surface area contributed by atoms with Crippen LogP contribution in [0.5, 0.6) is 0 Å². The number of pyridine rings is 1. The summed E-state index contributed by atoms with van der Waals surface area (Å²) in [7, 11) is 0. The molecule has 1 aromatic rings. The van der Waals surface area contributed by atoms with Gasteiger partial charge in [-0.2, -0.15) is 0 Å². The molecule has 0 bridgehead atoms. The fraction of sp³-hybridized carbons (Fsp3) is 0.312. The Balaban J connectivity index is 0.000000272. The van der Waals surface area contributed by atoms with E-state index in [-0.39, 0.29) is 5.56 Å². The molecule has 2 N–H and O–H groups in total. The van der Waals surface area contributed by atoms with E-state index in [9.17, 15) is 19.2 Å². The number of unbranched alkanes of at least 4 members (excludes halogenated alkanes) is 1. The molecule has 8 heteroatoms. The fourth-order valence-corrected chi connectivity index (χ4v) is 1.97. The van der Waals surface area contributed by atoms with Crippen molar-refractivity contribution < 1.29 is 29.4 Å². The molecular formula is C16H18N2O6. The molecule has 1 aliphatic heterocycles. The van der Waals surface area contributed by atoms with Crippen molar-refractivity contribution in [3.63, 3.8) is 0 Å². The van der Waals surface area contributed by atoms with Crippen LogP contribution in [-0.2, 0) is 14.4 Å². The van der Waals surface area contributed by atoms with Crippen LogP contribution in [0, 0.1) is 0 Å². The van der Waals surface area contributed by atoms with E-state index < -0.39 is 29.8 Å². The molecule has 2 rings (SSSR count). The Kier molecular flexibility index (Phi) is 7.28. The van der Waals surface area contributed by atoms with Crippen LogP contribution in [-0.4, -0.2) is 49.9 Å². The molecule has 1 atom stereocenters. The number of aromatic nitrogens is 1. The van der Waals surface area contributed by atoms with Crippen molar-refractivity contribution in [2.45, 2.75) is 32.2 Å². The Morgan fingerprint density at radius 1 is 1.21 bits per heavy atom. The first-order valence-corrected chi connectivity index (χ1v) is 7.29. The van der Waals surface area contributed by atoms with Gasteiger partial charge >= 0.3 is 11.9 Å². The third-order valence-corrected chi connectivity index (χ3v) is 3.18. The van der Waals surface area contributed by atoms with Gasteiger partial charge in [0.25, 0.3) is 11.8 Å². The van der Waals surface area contributed by atoms with Crippen LogP contribution in [0.15, 0.2) is 36.7 Å². The number of carboxylic acids is 2. The minimum Gasteiger partial charge on any atom is -0.480 e. The topological polar surface area (TPSA) is 125 Å². The molecule has 0 saturated heterocycles. The molecule has 128 valence electrons. The quantitative estimate of drug-likeness (QED) is 0.752. The predicted molar refractivity (Wildman–Crippen MR) is 83.1 cm³/mol. The van der Waals surface area contributed by atoms with Gasteiger partial charge in [0, 0.05) is 24.5 Å². The number of aromatic carboxylic acids is 1. The van der Waals surface area contributed by atoms with E-state index in [1.54, 1.807) is 6.07 Å². The van der Waals surface area contributed by atoms with Crippen molar-refractivity contribution in [3.8, 4) is 0 Å². The molecule has 1 aromatic heterocycles. The van der Waals surface area contributed by atoms with Crippen molar-refractivity contribution in [2.75, 3.05) is 0 Å². The van der Waals surface area contributed by atoms with Gasteiger partial charge < -0.3 is 10.2 Å². The monoisotopic (exact) mass is 334 g/mol. The fourth-order valence-electron chi connectivity index (χ4n) is 1.97. The highest BCUT2D eigenvalue weighted by molar-refractivity contribution is 6.14. The third kappa shape index (κ3) is 5.31. The summed E-state index contributed by atoms with van der Waals surface area (Å²) in [5.41, 5.74) is 0.220. The van der Waals surface area contributed by atoms with Crippen molar-refractivity contribution in [3.05, 3.63) is 42.2 Å².